The van der Waals surface area contributed by atoms with E-state index in [1.54, 1.807) is 12.1 Å². The van der Waals surface area contributed by atoms with Crippen LogP contribution >= 0.6 is 12.4 Å². The number of aryl methyl sites for hydroxylation is 1. The van der Waals surface area contributed by atoms with E-state index in [2.05, 4.69) is 10.3 Å². The third-order valence-electron chi connectivity index (χ3n) is 3.70. The zero-order valence-electron chi connectivity index (χ0n) is 14.6. The number of hydrogen-bond donors (Lipinski definition) is 3. The number of phenolic OH excluding ortho intramolecular Hbond substituents is 1. The number of pyridine rings is 1. The highest BCUT2D eigenvalue weighted by atomic mass is 35.5. The quantitative estimate of drug-likeness (QED) is 0.729. The third-order valence-corrected chi connectivity index (χ3v) is 3.70. The van der Waals surface area contributed by atoms with E-state index in [4.69, 9.17) is 10.5 Å². The smallest absolute Gasteiger partial charge is 0.255 e. The highest BCUT2D eigenvalue weighted by Crippen LogP contribution is 2.25. The first kappa shape index (κ1) is 20.6. The molecule has 0 aliphatic carbocycles. The number of aromatic nitrogens is 1. The van der Waals surface area contributed by atoms with E-state index in [0.29, 0.717) is 23.7 Å². The van der Waals surface area contributed by atoms with Gasteiger partial charge in [-0.05, 0) is 49.2 Å². The summed E-state index contributed by atoms with van der Waals surface area (Å²) in [6, 6.07) is 7.94. The summed E-state index contributed by atoms with van der Waals surface area (Å²) in [5.41, 5.74) is 7.68. The summed E-state index contributed by atoms with van der Waals surface area (Å²) < 4.78 is 5.11. The molecule has 6 nitrogen and oxygen atoms in total. The van der Waals surface area contributed by atoms with Crippen molar-refractivity contribution in [2.45, 2.75) is 32.7 Å². The summed E-state index contributed by atoms with van der Waals surface area (Å²) >= 11 is 0. The van der Waals surface area contributed by atoms with Crippen molar-refractivity contribution >= 4 is 24.1 Å². The second-order valence-electron chi connectivity index (χ2n) is 5.69. The molecule has 4 N–H and O–H groups in total. The summed E-state index contributed by atoms with van der Waals surface area (Å²) in [5.74, 6) is 0.444. The molecule has 136 valence electrons. The molecule has 0 aliphatic heterocycles. The molecule has 1 atom stereocenters. The molecule has 2 rings (SSSR count). The number of anilines is 1. The van der Waals surface area contributed by atoms with Crippen molar-refractivity contribution in [2.75, 3.05) is 12.8 Å². The molecule has 1 unspecified atom stereocenters. The standard InChI is InChI=1S/C18H23N3O3.ClH/c1-4-5-14(15-8-11(2)9-17(19)20-15)21-18(23)13-10-12(24-3)6-7-16(13)22;/h6-10,14,22H,4-5H2,1-3H3,(H2,19,20)(H,21,23);1H. The summed E-state index contributed by atoms with van der Waals surface area (Å²) in [4.78, 5) is 16.9. The first-order valence-electron chi connectivity index (χ1n) is 7.86. The Morgan fingerprint density at radius 2 is 2.08 bits per heavy atom. The monoisotopic (exact) mass is 365 g/mol. The lowest BCUT2D eigenvalue weighted by molar-refractivity contribution is 0.0930. The van der Waals surface area contributed by atoms with Gasteiger partial charge >= 0.3 is 0 Å². The zero-order valence-corrected chi connectivity index (χ0v) is 15.4. The number of ether oxygens (including phenoxy) is 1. The fraction of sp³-hybridized carbons (Fsp3) is 0.333. The minimum atomic E-state index is -0.383. The van der Waals surface area contributed by atoms with Crippen LogP contribution < -0.4 is 15.8 Å². The van der Waals surface area contributed by atoms with Crippen LogP contribution in [0.3, 0.4) is 0 Å². The molecule has 0 fully saturated rings. The number of methoxy groups -OCH3 is 1. The van der Waals surface area contributed by atoms with Crippen LogP contribution in [0.5, 0.6) is 11.5 Å². The Kier molecular flexibility index (Phi) is 7.51. The molecular formula is C18H24ClN3O3. The first-order chi connectivity index (χ1) is 11.4. The van der Waals surface area contributed by atoms with Crippen LogP contribution in [-0.4, -0.2) is 23.1 Å². The van der Waals surface area contributed by atoms with Crippen LogP contribution in [0.25, 0.3) is 0 Å². The molecule has 0 spiro atoms. The summed E-state index contributed by atoms with van der Waals surface area (Å²) in [6.45, 7) is 3.96. The number of carbonyl (C=O) groups is 1. The summed E-state index contributed by atoms with van der Waals surface area (Å²) in [5, 5.41) is 12.9. The number of carbonyl (C=O) groups excluding carboxylic acids is 1. The van der Waals surface area contributed by atoms with Gasteiger partial charge in [0.15, 0.2) is 0 Å². The molecule has 0 radical (unpaired) electrons. The summed E-state index contributed by atoms with van der Waals surface area (Å²) in [6.07, 6.45) is 1.58. The van der Waals surface area contributed by atoms with Gasteiger partial charge < -0.3 is 20.9 Å². The fourth-order valence-electron chi connectivity index (χ4n) is 2.54. The average Bonchev–Trinajstić information content (AvgIpc) is 2.54. The number of halogens is 1. The molecule has 0 bridgehead atoms. The SMILES string of the molecule is CCCC(NC(=O)c1cc(OC)ccc1O)c1cc(C)cc(N)n1.Cl. The lowest BCUT2D eigenvalue weighted by atomic mass is 10.0. The average molecular weight is 366 g/mol. The second kappa shape index (κ2) is 9.13. The number of hydrogen-bond acceptors (Lipinski definition) is 5. The molecular weight excluding hydrogens is 342 g/mol. The molecule has 0 saturated carbocycles. The zero-order chi connectivity index (χ0) is 17.7. The molecule has 25 heavy (non-hydrogen) atoms. The van der Waals surface area contributed by atoms with Crippen molar-refractivity contribution in [1.82, 2.24) is 10.3 Å². The van der Waals surface area contributed by atoms with Gasteiger partial charge in [-0.3, -0.25) is 4.79 Å². The normalized spacial score (nSPS) is 11.3. The number of nitrogens with zero attached hydrogens (tertiary/aromatic N) is 1. The molecule has 1 aromatic carbocycles. The van der Waals surface area contributed by atoms with E-state index in [0.717, 1.165) is 12.0 Å². The number of nitrogens with one attached hydrogen (secondary N) is 1. The number of aromatic hydroxyl groups is 1. The van der Waals surface area contributed by atoms with E-state index in [1.165, 1.54) is 19.2 Å². The predicted octanol–water partition coefficient (Wildman–Crippen LogP) is 3.38. The number of nitrogen functional groups attached to an aromatic ring is 1. The predicted molar refractivity (Wildman–Crippen MR) is 100 cm³/mol. The molecule has 1 heterocycles. The van der Waals surface area contributed by atoms with Gasteiger partial charge in [0.05, 0.1) is 24.4 Å². The van der Waals surface area contributed by atoms with Crippen LogP contribution in [0.1, 0.15) is 47.4 Å². The van der Waals surface area contributed by atoms with Crippen LogP contribution in [-0.2, 0) is 0 Å². The highest BCUT2D eigenvalue weighted by Gasteiger charge is 2.19. The Balaban J connectivity index is 0.00000312. The first-order valence-corrected chi connectivity index (χ1v) is 7.86. The van der Waals surface area contributed by atoms with Crippen LogP contribution in [0.4, 0.5) is 5.82 Å². The number of amides is 1. The Morgan fingerprint density at radius 1 is 1.36 bits per heavy atom. The van der Waals surface area contributed by atoms with E-state index in [-0.39, 0.29) is 35.7 Å². The van der Waals surface area contributed by atoms with Gasteiger partial charge in [-0.2, -0.15) is 0 Å². The minimum Gasteiger partial charge on any atom is -0.507 e. The minimum absolute atomic E-state index is 0. The van der Waals surface area contributed by atoms with Gasteiger partial charge in [-0.15, -0.1) is 12.4 Å². The number of phenols is 1. The lowest BCUT2D eigenvalue weighted by Crippen LogP contribution is -2.29. The van der Waals surface area contributed by atoms with E-state index in [9.17, 15) is 9.90 Å². The Hall–Kier alpha value is -2.47. The van der Waals surface area contributed by atoms with E-state index < -0.39 is 0 Å². The molecule has 0 aliphatic rings. The molecule has 1 amide bonds. The largest absolute Gasteiger partial charge is 0.507 e. The Morgan fingerprint density at radius 3 is 2.68 bits per heavy atom. The molecule has 2 aromatic rings. The maximum atomic E-state index is 12.6. The van der Waals surface area contributed by atoms with Crippen molar-refractivity contribution in [3.63, 3.8) is 0 Å². The van der Waals surface area contributed by atoms with Gasteiger partial charge in [0.25, 0.3) is 5.91 Å². The third kappa shape index (κ3) is 5.26. The van der Waals surface area contributed by atoms with Crippen molar-refractivity contribution in [3.8, 4) is 11.5 Å². The van der Waals surface area contributed by atoms with Crippen molar-refractivity contribution < 1.29 is 14.6 Å². The van der Waals surface area contributed by atoms with Crippen LogP contribution in [0.15, 0.2) is 30.3 Å². The second-order valence-corrected chi connectivity index (χ2v) is 5.69. The Bertz CT molecular complexity index is 717. The Labute approximate surface area is 153 Å². The van der Waals surface area contributed by atoms with Crippen LogP contribution in [0.2, 0.25) is 0 Å². The maximum absolute atomic E-state index is 12.6. The fourth-order valence-corrected chi connectivity index (χ4v) is 2.54. The molecule has 7 heteroatoms. The molecule has 1 aromatic heterocycles. The van der Waals surface area contributed by atoms with Crippen molar-refractivity contribution in [3.05, 3.63) is 47.2 Å². The van der Waals surface area contributed by atoms with E-state index >= 15 is 0 Å². The van der Waals surface area contributed by atoms with Crippen molar-refractivity contribution in [2.24, 2.45) is 0 Å². The van der Waals surface area contributed by atoms with Crippen molar-refractivity contribution in [1.29, 1.82) is 0 Å². The van der Waals surface area contributed by atoms with Gasteiger partial charge in [0.1, 0.15) is 17.3 Å². The molecule has 0 saturated heterocycles. The maximum Gasteiger partial charge on any atom is 0.255 e. The topological polar surface area (TPSA) is 97.5 Å². The van der Waals surface area contributed by atoms with Gasteiger partial charge in [-0.1, -0.05) is 13.3 Å². The van der Waals surface area contributed by atoms with Crippen LogP contribution in [0, 0.1) is 6.92 Å². The van der Waals surface area contributed by atoms with Gasteiger partial charge in [-0.25, -0.2) is 4.98 Å². The van der Waals surface area contributed by atoms with Gasteiger partial charge in [0, 0.05) is 0 Å². The lowest BCUT2D eigenvalue weighted by Gasteiger charge is -2.19. The van der Waals surface area contributed by atoms with Gasteiger partial charge in [0.2, 0.25) is 0 Å². The summed E-state index contributed by atoms with van der Waals surface area (Å²) in [7, 11) is 1.51. The number of nitrogens with two attached hydrogens (primary N) is 1. The highest BCUT2D eigenvalue weighted by molar-refractivity contribution is 5.97. The number of benzene rings is 1. The van der Waals surface area contributed by atoms with E-state index in [1.807, 2.05) is 19.9 Å². The number of rotatable bonds is 6.